The third-order valence-electron chi connectivity index (χ3n) is 4.47. The molecule has 0 unspecified atom stereocenters. The normalized spacial score (nSPS) is 17.4. The molecule has 1 aliphatic rings. The summed E-state index contributed by atoms with van der Waals surface area (Å²) in [6, 6.07) is 9.13. The fourth-order valence-corrected chi connectivity index (χ4v) is 3.21. The van der Waals surface area contributed by atoms with Crippen LogP contribution in [0.25, 0.3) is 11.0 Å². The number of aromatic nitrogens is 2. The van der Waals surface area contributed by atoms with E-state index < -0.39 is 0 Å². The maximum absolute atomic E-state index is 4.77. The first-order valence-electron chi connectivity index (χ1n) is 7.36. The lowest BCUT2D eigenvalue weighted by atomic mass is 9.94. The van der Waals surface area contributed by atoms with E-state index in [-0.39, 0.29) is 0 Å². The molecule has 0 aliphatic heterocycles. The van der Waals surface area contributed by atoms with Gasteiger partial charge >= 0.3 is 0 Å². The largest absolute Gasteiger partial charge is 0.330 e. The molecule has 0 atom stereocenters. The van der Waals surface area contributed by atoms with E-state index in [4.69, 9.17) is 4.98 Å². The second-order valence-electron chi connectivity index (χ2n) is 5.78. The first kappa shape index (κ1) is 12.7. The van der Waals surface area contributed by atoms with Crippen LogP contribution in [0.4, 0.5) is 0 Å². The monoisotopic (exact) mass is 257 g/mol. The minimum Gasteiger partial charge on any atom is -0.330 e. The Morgan fingerprint density at radius 1 is 1.21 bits per heavy atom. The zero-order valence-electron chi connectivity index (χ0n) is 12.0. The average molecular weight is 257 g/mol. The van der Waals surface area contributed by atoms with Crippen molar-refractivity contribution in [2.45, 2.75) is 44.7 Å². The summed E-state index contributed by atoms with van der Waals surface area (Å²) in [5.74, 6) is 1.18. The van der Waals surface area contributed by atoms with Gasteiger partial charge in [-0.05, 0) is 32.0 Å². The van der Waals surface area contributed by atoms with E-state index in [1.54, 1.807) is 0 Å². The zero-order valence-corrected chi connectivity index (χ0v) is 12.0. The number of imidazole rings is 1. The number of aryl methyl sites for hydroxylation is 1. The molecule has 0 N–H and O–H groups in total. The van der Waals surface area contributed by atoms with Gasteiger partial charge in [-0.2, -0.15) is 0 Å². The fraction of sp³-hybridized carbons (Fsp3) is 0.562. The summed E-state index contributed by atoms with van der Waals surface area (Å²) in [6.07, 6.45) is 6.88. The van der Waals surface area contributed by atoms with E-state index in [2.05, 4.69) is 47.8 Å². The molecular formula is C16H23N3. The Kier molecular flexibility index (Phi) is 3.56. The molecule has 0 radical (unpaired) electrons. The van der Waals surface area contributed by atoms with Gasteiger partial charge in [0.25, 0.3) is 0 Å². The van der Waals surface area contributed by atoms with E-state index >= 15 is 0 Å². The van der Waals surface area contributed by atoms with Gasteiger partial charge in [-0.3, -0.25) is 4.90 Å². The van der Waals surface area contributed by atoms with Gasteiger partial charge in [0.05, 0.1) is 17.6 Å². The maximum atomic E-state index is 4.77. The molecule has 0 saturated heterocycles. The van der Waals surface area contributed by atoms with Crippen LogP contribution in [0.5, 0.6) is 0 Å². The van der Waals surface area contributed by atoms with Crippen molar-refractivity contribution >= 4 is 11.0 Å². The third-order valence-corrected chi connectivity index (χ3v) is 4.47. The van der Waals surface area contributed by atoms with Crippen LogP contribution in [0.15, 0.2) is 24.3 Å². The summed E-state index contributed by atoms with van der Waals surface area (Å²) in [5.41, 5.74) is 2.34. The zero-order chi connectivity index (χ0) is 13.2. The lowest BCUT2D eigenvalue weighted by Gasteiger charge is -2.30. The lowest BCUT2D eigenvalue weighted by Crippen LogP contribution is -2.33. The van der Waals surface area contributed by atoms with E-state index in [0.717, 1.165) is 18.1 Å². The van der Waals surface area contributed by atoms with Crippen LogP contribution in [0, 0.1) is 0 Å². The highest BCUT2D eigenvalue weighted by atomic mass is 15.2. The van der Waals surface area contributed by atoms with Crippen LogP contribution in [0.3, 0.4) is 0 Å². The number of hydrogen-bond acceptors (Lipinski definition) is 2. The number of nitrogens with zero attached hydrogens (tertiary/aromatic N) is 3. The molecular weight excluding hydrogens is 234 g/mol. The van der Waals surface area contributed by atoms with Crippen LogP contribution >= 0.6 is 0 Å². The standard InChI is InChI=1S/C16H23N3/c1-18(13-8-4-3-5-9-13)12-16-17-14-10-6-7-11-15(14)19(16)2/h6-7,10-11,13H,3-5,8-9,12H2,1-2H3. The molecule has 102 valence electrons. The Balaban J connectivity index is 1.78. The Labute approximate surface area is 115 Å². The maximum Gasteiger partial charge on any atom is 0.123 e. The minimum absolute atomic E-state index is 0.744. The topological polar surface area (TPSA) is 21.1 Å². The predicted octanol–water partition coefficient (Wildman–Crippen LogP) is 3.34. The van der Waals surface area contributed by atoms with Crippen LogP contribution in [0.2, 0.25) is 0 Å². The molecule has 1 aromatic carbocycles. The highest BCUT2D eigenvalue weighted by molar-refractivity contribution is 5.75. The highest BCUT2D eigenvalue weighted by Gasteiger charge is 2.19. The number of rotatable bonds is 3. The van der Waals surface area contributed by atoms with Gasteiger partial charge in [0.1, 0.15) is 5.82 Å². The average Bonchev–Trinajstić information content (AvgIpc) is 2.77. The highest BCUT2D eigenvalue weighted by Crippen LogP contribution is 2.23. The van der Waals surface area contributed by atoms with Crippen molar-refractivity contribution in [3.63, 3.8) is 0 Å². The van der Waals surface area contributed by atoms with E-state index in [9.17, 15) is 0 Å². The molecule has 1 fully saturated rings. The van der Waals surface area contributed by atoms with E-state index in [1.807, 2.05) is 0 Å². The first-order chi connectivity index (χ1) is 9.25. The van der Waals surface area contributed by atoms with Crippen molar-refractivity contribution in [1.29, 1.82) is 0 Å². The number of benzene rings is 1. The molecule has 0 amide bonds. The van der Waals surface area contributed by atoms with E-state index in [1.165, 1.54) is 43.4 Å². The van der Waals surface area contributed by atoms with Crippen LogP contribution in [-0.2, 0) is 13.6 Å². The second-order valence-corrected chi connectivity index (χ2v) is 5.78. The molecule has 1 aromatic heterocycles. The van der Waals surface area contributed by atoms with Gasteiger partial charge in [0.2, 0.25) is 0 Å². The quantitative estimate of drug-likeness (QED) is 0.841. The van der Waals surface area contributed by atoms with Gasteiger partial charge in [-0.1, -0.05) is 31.4 Å². The van der Waals surface area contributed by atoms with Crippen LogP contribution < -0.4 is 0 Å². The van der Waals surface area contributed by atoms with Crippen molar-refractivity contribution in [2.75, 3.05) is 7.05 Å². The summed E-state index contributed by atoms with van der Waals surface area (Å²) in [4.78, 5) is 7.25. The predicted molar refractivity (Wildman–Crippen MR) is 79.1 cm³/mol. The second kappa shape index (κ2) is 5.33. The van der Waals surface area contributed by atoms with Crippen molar-refractivity contribution < 1.29 is 0 Å². The van der Waals surface area contributed by atoms with E-state index in [0.29, 0.717) is 0 Å². The Morgan fingerprint density at radius 2 is 1.95 bits per heavy atom. The molecule has 0 spiro atoms. The Morgan fingerprint density at radius 3 is 2.68 bits per heavy atom. The molecule has 0 bridgehead atoms. The van der Waals surface area contributed by atoms with Crippen molar-refractivity contribution in [3.05, 3.63) is 30.1 Å². The molecule has 1 aliphatic carbocycles. The molecule has 3 rings (SSSR count). The van der Waals surface area contributed by atoms with Crippen molar-refractivity contribution in [3.8, 4) is 0 Å². The van der Waals surface area contributed by atoms with Gasteiger partial charge in [-0.15, -0.1) is 0 Å². The van der Waals surface area contributed by atoms with Crippen LogP contribution in [-0.4, -0.2) is 27.5 Å². The van der Waals surface area contributed by atoms with Gasteiger partial charge in [0, 0.05) is 13.1 Å². The molecule has 1 heterocycles. The molecule has 3 heteroatoms. The fourth-order valence-electron chi connectivity index (χ4n) is 3.21. The van der Waals surface area contributed by atoms with Crippen molar-refractivity contribution in [2.24, 2.45) is 7.05 Å². The Bertz CT molecular complexity index is 552. The lowest BCUT2D eigenvalue weighted by molar-refractivity contribution is 0.179. The number of fused-ring (bicyclic) bond motifs is 1. The molecule has 3 nitrogen and oxygen atoms in total. The van der Waals surface area contributed by atoms with Gasteiger partial charge in [0.15, 0.2) is 0 Å². The molecule has 2 aromatic rings. The molecule has 1 saturated carbocycles. The first-order valence-corrected chi connectivity index (χ1v) is 7.36. The summed E-state index contributed by atoms with van der Waals surface area (Å²) in [6.45, 7) is 0.954. The summed E-state index contributed by atoms with van der Waals surface area (Å²) in [5, 5.41) is 0. The van der Waals surface area contributed by atoms with Gasteiger partial charge in [-0.25, -0.2) is 4.98 Å². The Hall–Kier alpha value is -1.35. The number of hydrogen-bond donors (Lipinski definition) is 0. The van der Waals surface area contributed by atoms with Gasteiger partial charge < -0.3 is 4.57 Å². The smallest absolute Gasteiger partial charge is 0.123 e. The third kappa shape index (κ3) is 2.52. The summed E-state index contributed by atoms with van der Waals surface area (Å²) in [7, 11) is 4.37. The minimum atomic E-state index is 0.744. The SMILES string of the molecule is CN(Cc1nc2ccccc2n1C)C1CCCCC1. The number of para-hydroxylation sites is 2. The summed E-state index contributed by atoms with van der Waals surface area (Å²) >= 11 is 0. The molecule has 19 heavy (non-hydrogen) atoms. The van der Waals surface area contributed by atoms with Crippen molar-refractivity contribution in [1.82, 2.24) is 14.5 Å². The summed E-state index contributed by atoms with van der Waals surface area (Å²) < 4.78 is 2.23. The van der Waals surface area contributed by atoms with Crippen LogP contribution in [0.1, 0.15) is 37.9 Å².